The molecular weight excluding hydrogens is 276 g/mol. The van der Waals surface area contributed by atoms with Gasteiger partial charge in [0.05, 0.1) is 0 Å². The molecule has 0 heterocycles. The molecule has 0 unspecified atom stereocenters. The van der Waals surface area contributed by atoms with Crippen molar-refractivity contribution in [2.24, 2.45) is 0 Å². The molecule has 0 spiro atoms. The van der Waals surface area contributed by atoms with Crippen LogP contribution in [-0.2, 0) is 6.42 Å². The fourth-order valence-corrected chi connectivity index (χ4v) is 3.70. The fraction of sp³-hybridized carbons (Fsp3) is 0.565. The summed E-state index contributed by atoms with van der Waals surface area (Å²) in [4.78, 5) is 0. The highest BCUT2D eigenvalue weighted by atomic mass is 14.2. The Morgan fingerprint density at radius 1 is 0.913 bits per heavy atom. The van der Waals surface area contributed by atoms with Crippen molar-refractivity contribution in [1.82, 2.24) is 0 Å². The maximum absolute atomic E-state index is 2.33. The third-order valence-electron chi connectivity index (χ3n) is 5.05. The number of benzene rings is 1. The van der Waals surface area contributed by atoms with E-state index in [0.717, 1.165) is 6.42 Å². The van der Waals surface area contributed by atoms with Gasteiger partial charge in [-0.15, -0.1) is 0 Å². The lowest BCUT2D eigenvalue weighted by Crippen LogP contribution is -1.87. The van der Waals surface area contributed by atoms with Gasteiger partial charge in [0.2, 0.25) is 0 Å². The summed E-state index contributed by atoms with van der Waals surface area (Å²) in [5.74, 6) is 0. The Labute approximate surface area is 143 Å². The predicted molar refractivity (Wildman–Crippen MR) is 104 cm³/mol. The van der Waals surface area contributed by atoms with Crippen molar-refractivity contribution in [3.8, 4) is 0 Å². The second-order valence-electron chi connectivity index (χ2n) is 6.91. The van der Waals surface area contributed by atoms with Crippen LogP contribution in [0.5, 0.6) is 0 Å². The standard InChI is InChI=1S/C23H34/c1-3-5-7-8-9-10-11-12-17-22-20(15-6-4-2)19-21-16-13-14-18-23(21)22/h4,6,13-14,16,18H,3,5,7-12,15,17,19H2,1-2H3/b6-4+. The number of unbranched alkanes of at least 4 members (excludes halogenated alkanes) is 7. The number of rotatable bonds is 11. The third kappa shape index (κ3) is 5.68. The van der Waals surface area contributed by atoms with Gasteiger partial charge in [-0.05, 0) is 49.3 Å². The summed E-state index contributed by atoms with van der Waals surface area (Å²) in [6.07, 6.45) is 19.3. The van der Waals surface area contributed by atoms with E-state index < -0.39 is 0 Å². The van der Waals surface area contributed by atoms with Gasteiger partial charge in [-0.25, -0.2) is 0 Å². The maximum atomic E-state index is 2.33. The monoisotopic (exact) mass is 310 g/mol. The highest BCUT2D eigenvalue weighted by Crippen LogP contribution is 2.37. The van der Waals surface area contributed by atoms with Gasteiger partial charge in [-0.1, -0.05) is 93.9 Å². The molecule has 1 aromatic rings. The van der Waals surface area contributed by atoms with Crippen molar-refractivity contribution >= 4 is 5.57 Å². The molecule has 0 bridgehead atoms. The largest absolute Gasteiger partial charge is 0.0913 e. The zero-order chi connectivity index (χ0) is 16.3. The number of allylic oxidation sites excluding steroid dienone is 4. The number of hydrogen-bond acceptors (Lipinski definition) is 0. The average Bonchev–Trinajstić information content (AvgIpc) is 2.93. The zero-order valence-corrected chi connectivity index (χ0v) is 15.2. The Morgan fingerprint density at radius 3 is 2.35 bits per heavy atom. The van der Waals surface area contributed by atoms with Crippen LogP contribution in [0.25, 0.3) is 5.57 Å². The van der Waals surface area contributed by atoms with Crippen LogP contribution in [0.15, 0.2) is 42.0 Å². The molecule has 0 heteroatoms. The summed E-state index contributed by atoms with van der Waals surface area (Å²) >= 11 is 0. The lowest BCUT2D eigenvalue weighted by atomic mass is 9.97. The summed E-state index contributed by atoms with van der Waals surface area (Å²) < 4.78 is 0. The van der Waals surface area contributed by atoms with Crippen LogP contribution in [0, 0.1) is 0 Å². The van der Waals surface area contributed by atoms with Gasteiger partial charge >= 0.3 is 0 Å². The molecule has 0 nitrogen and oxygen atoms in total. The second kappa shape index (κ2) is 10.5. The molecule has 0 saturated carbocycles. The van der Waals surface area contributed by atoms with E-state index >= 15 is 0 Å². The molecule has 1 aliphatic rings. The van der Waals surface area contributed by atoms with Crippen molar-refractivity contribution in [1.29, 1.82) is 0 Å². The summed E-state index contributed by atoms with van der Waals surface area (Å²) in [6, 6.07) is 9.03. The molecule has 1 aliphatic carbocycles. The van der Waals surface area contributed by atoms with Crippen molar-refractivity contribution in [3.05, 3.63) is 53.1 Å². The highest BCUT2D eigenvalue weighted by Gasteiger charge is 2.19. The highest BCUT2D eigenvalue weighted by molar-refractivity contribution is 5.76. The van der Waals surface area contributed by atoms with Gasteiger partial charge in [-0.2, -0.15) is 0 Å². The first-order chi connectivity index (χ1) is 11.4. The summed E-state index contributed by atoms with van der Waals surface area (Å²) in [6.45, 7) is 4.42. The summed E-state index contributed by atoms with van der Waals surface area (Å²) in [7, 11) is 0. The maximum Gasteiger partial charge on any atom is -0.00519 e. The van der Waals surface area contributed by atoms with Gasteiger partial charge in [0.1, 0.15) is 0 Å². The van der Waals surface area contributed by atoms with Crippen molar-refractivity contribution in [2.75, 3.05) is 0 Å². The minimum atomic E-state index is 1.14. The molecule has 1 aromatic carbocycles. The molecule has 0 aliphatic heterocycles. The van der Waals surface area contributed by atoms with Crippen molar-refractivity contribution in [3.63, 3.8) is 0 Å². The summed E-state index contributed by atoms with van der Waals surface area (Å²) in [5.41, 5.74) is 6.40. The smallest absolute Gasteiger partial charge is 0.00519 e. The molecule has 23 heavy (non-hydrogen) atoms. The first kappa shape index (κ1) is 18.0. The van der Waals surface area contributed by atoms with E-state index in [1.54, 1.807) is 16.7 Å². The second-order valence-corrected chi connectivity index (χ2v) is 6.91. The first-order valence-corrected chi connectivity index (χ1v) is 9.77. The van der Waals surface area contributed by atoms with E-state index in [1.807, 2.05) is 0 Å². The van der Waals surface area contributed by atoms with Crippen molar-refractivity contribution < 1.29 is 0 Å². The van der Waals surface area contributed by atoms with Gasteiger partial charge in [0.15, 0.2) is 0 Å². The van der Waals surface area contributed by atoms with E-state index in [9.17, 15) is 0 Å². The lowest BCUT2D eigenvalue weighted by Gasteiger charge is -2.08. The minimum Gasteiger partial charge on any atom is -0.0913 e. The fourth-order valence-electron chi connectivity index (χ4n) is 3.70. The van der Waals surface area contributed by atoms with Gasteiger partial charge < -0.3 is 0 Å². The Morgan fingerprint density at radius 2 is 1.61 bits per heavy atom. The van der Waals surface area contributed by atoms with E-state index in [1.165, 1.54) is 69.8 Å². The van der Waals surface area contributed by atoms with Gasteiger partial charge in [-0.3, -0.25) is 0 Å². The molecule has 2 rings (SSSR count). The lowest BCUT2D eigenvalue weighted by molar-refractivity contribution is 0.579. The SMILES string of the molecule is C/C=C/CC1=C(CCCCCCCCCC)c2ccccc2C1. The van der Waals surface area contributed by atoms with Crippen LogP contribution in [-0.4, -0.2) is 0 Å². The molecule has 0 N–H and O–H groups in total. The number of fused-ring (bicyclic) bond motifs is 1. The van der Waals surface area contributed by atoms with Crippen LogP contribution >= 0.6 is 0 Å². The van der Waals surface area contributed by atoms with E-state index in [-0.39, 0.29) is 0 Å². The van der Waals surface area contributed by atoms with E-state index in [2.05, 4.69) is 50.3 Å². The Balaban J connectivity index is 1.80. The first-order valence-electron chi connectivity index (χ1n) is 9.77. The average molecular weight is 311 g/mol. The molecule has 0 radical (unpaired) electrons. The third-order valence-corrected chi connectivity index (χ3v) is 5.05. The predicted octanol–water partition coefficient (Wildman–Crippen LogP) is 7.49. The van der Waals surface area contributed by atoms with Gasteiger partial charge in [0.25, 0.3) is 0 Å². The molecular formula is C23H34. The Hall–Kier alpha value is -1.30. The van der Waals surface area contributed by atoms with Crippen LogP contribution in [0.1, 0.15) is 89.2 Å². The van der Waals surface area contributed by atoms with E-state index in [4.69, 9.17) is 0 Å². The Bertz CT molecular complexity index is 519. The normalized spacial score (nSPS) is 14.0. The Kier molecular flexibility index (Phi) is 8.21. The minimum absolute atomic E-state index is 1.14. The molecule has 126 valence electrons. The van der Waals surface area contributed by atoms with Gasteiger partial charge in [0, 0.05) is 0 Å². The van der Waals surface area contributed by atoms with Crippen LogP contribution in [0.3, 0.4) is 0 Å². The van der Waals surface area contributed by atoms with Crippen LogP contribution < -0.4 is 0 Å². The zero-order valence-electron chi connectivity index (χ0n) is 15.2. The molecule has 0 aromatic heterocycles. The number of hydrogen-bond donors (Lipinski definition) is 0. The quantitative estimate of drug-likeness (QED) is 0.293. The summed E-state index contributed by atoms with van der Waals surface area (Å²) in [5, 5.41) is 0. The van der Waals surface area contributed by atoms with Crippen LogP contribution in [0.2, 0.25) is 0 Å². The molecule has 0 fully saturated rings. The molecule has 0 saturated heterocycles. The molecule has 0 atom stereocenters. The van der Waals surface area contributed by atoms with E-state index in [0.29, 0.717) is 0 Å². The van der Waals surface area contributed by atoms with Crippen molar-refractivity contribution in [2.45, 2.75) is 84.5 Å². The topological polar surface area (TPSA) is 0 Å². The van der Waals surface area contributed by atoms with Crippen LogP contribution in [0.4, 0.5) is 0 Å². The molecule has 0 amide bonds.